The Morgan fingerprint density at radius 1 is 1.17 bits per heavy atom. The number of nitrogens with zero attached hydrogens (tertiary/aromatic N) is 2. The van der Waals surface area contributed by atoms with Gasteiger partial charge >= 0.3 is 0 Å². The Hall–Kier alpha value is -0.770. The van der Waals surface area contributed by atoms with Crippen LogP contribution in [0.5, 0.6) is 0 Å². The van der Waals surface area contributed by atoms with Gasteiger partial charge in [0, 0.05) is 32.8 Å². The van der Waals surface area contributed by atoms with Gasteiger partial charge in [0.1, 0.15) is 0 Å². The van der Waals surface area contributed by atoms with Gasteiger partial charge in [0.05, 0.1) is 0 Å². The fraction of sp³-hybridized carbons (Fsp3) is 0.947. The van der Waals surface area contributed by atoms with Crippen LogP contribution in [0, 0.1) is 11.3 Å². The molecule has 1 unspecified atom stereocenters. The van der Waals surface area contributed by atoms with Gasteiger partial charge in [-0.15, -0.1) is 0 Å². The average Bonchev–Trinajstić information content (AvgIpc) is 2.95. The molecule has 1 aliphatic heterocycles. The first-order valence-electron chi connectivity index (χ1n) is 9.87. The van der Waals surface area contributed by atoms with Crippen molar-refractivity contribution in [2.45, 2.75) is 71.6 Å². The van der Waals surface area contributed by atoms with Gasteiger partial charge in [0.15, 0.2) is 5.96 Å². The molecule has 2 N–H and O–H groups in total. The largest absolute Gasteiger partial charge is 0.396 e. The van der Waals surface area contributed by atoms with Gasteiger partial charge in [-0.1, -0.05) is 32.6 Å². The highest BCUT2D eigenvalue weighted by atomic mass is 16.3. The molecule has 1 spiro atoms. The number of rotatable bonds is 7. The number of guanidine groups is 1. The van der Waals surface area contributed by atoms with E-state index in [1.54, 1.807) is 0 Å². The standard InChI is InChI=1S/C19H37N3O/c1-3-8-17(9-14-23)15-21-18(20-4-2)22-13-12-19(16-22)10-6-5-7-11-19/h17,23H,3-16H2,1-2H3,(H,20,21). The van der Waals surface area contributed by atoms with Gasteiger partial charge in [0.25, 0.3) is 0 Å². The summed E-state index contributed by atoms with van der Waals surface area (Å²) in [6.07, 6.45) is 11.6. The normalized spacial score (nSPS) is 22.6. The Labute approximate surface area is 142 Å². The Balaban J connectivity index is 1.95. The van der Waals surface area contributed by atoms with Gasteiger partial charge in [-0.3, -0.25) is 4.99 Å². The molecular formula is C19H37N3O. The van der Waals surface area contributed by atoms with Crippen molar-refractivity contribution < 1.29 is 5.11 Å². The van der Waals surface area contributed by atoms with Crippen LogP contribution in [0.2, 0.25) is 0 Å². The second-order valence-electron chi connectivity index (χ2n) is 7.59. The number of aliphatic imine (C=N–C) groups is 1. The van der Waals surface area contributed by atoms with Crippen molar-refractivity contribution in [3.63, 3.8) is 0 Å². The molecule has 2 aliphatic rings. The second-order valence-corrected chi connectivity index (χ2v) is 7.59. The molecule has 1 aliphatic carbocycles. The first-order chi connectivity index (χ1) is 11.2. The third-order valence-electron chi connectivity index (χ3n) is 5.72. The molecule has 2 rings (SSSR count). The van der Waals surface area contributed by atoms with Crippen molar-refractivity contribution in [2.75, 3.05) is 32.8 Å². The molecule has 1 saturated heterocycles. The van der Waals surface area contributed by atoms with E-state index >= 15 is 0 Å². The van der Waals surface area contributed by atoms with E-state index in [-0.39, 0.29) is 6.61 Å². The van der Waals surface area contributed by atoms with Crippen molar-refractivity contribution >= 4 is 5.96 Å². The van der Waals surface area contributed by atoms with E-state index in [1.165, 1.54) is 51.5 Å². The van der Waals surface area contributed by atoms with E-state index in [1.807, 2.05) is 0 Å². The number of aliphatic hydroxyl groups excluding tert-OH is 1. The van der Waals surface area contributed by atoms with E-state index in [2.05, 4.69) is 24.1 Å². The smallest absolute Gasteiger partial charge is 0.193 e. The molecular weight excluding hydrogens is 286 g/mol. The predicted molar refractivity (Wildman–Crippen MR) is 97.8 cm³/mol. The number of aliphatic hydroxyl groups is 1. The van der Waals surface area contributed by atoms with Crippen molar-refractivity contribution in [3.8, 4) is 0 Å². The lowest BCUT2D eigenvalue weighted by molar-refractivity contribution is 0.203. The monoisotopic (exact) mass is 323 g/mol. The third-order valence-corrected chi connectivity index (χ3v) is 5.72. The highest BCUT2D eigenvalue weighted by Gasteiger charge is 2.39. The van der Waals surface area contributed by atoms with Crippen molar-refractivity contribution in [2.24, 2.45) is 16.3 Å². The van der Waals surface area contributed by atoms with E-state index in [0.29, 0.717) is 11.3 Å². The van der Waals surface area contributed by atoms with E-state index < -0.39 is 0 Å². The van der Waals surface area contributed by atoms with Gasteiger partial charge in [0.2, 0.25) is 0 Å². The fourth-order valence-electron chi connectivity index (χ4n) is 4.38. The summed E-state index contributed by atoms with van der Waals surface area (Å²) >= 11 is 0. The van der Waals surface area contributed by atoms with Crippen molar-refractivity contribution in [1.82, 2.24) is 10.2 Å². The van der Waals surface area contributed by atoms with Crippen LogP contribution in [-0.2, 0) is 0 Å². The molecule has 2 fully saturated rings. The Morgan fingerprint density at radius 2 is 1.96 bits per heavy atom. The summed E-state index contributed by atoms with van der Waals surface area (Å²) in [4.78, 5) is 7.43. The number of hydrogen-bond donors (Lipinski definition) is 2. The minimum absolute atomic E-state index is 0.281. The van der Waals surface area contributed by atoms with Gasteiger partial charge < -0.3 is 15.3 Å². The van der Waals surface area contributed by atoms with Crippen LogP contribution >= 0.6 is 0 Å². The van der Waals surface area contributed by atoms with Crippen LogP contribution < -0.4 is 5.32 Å². The quantitative estimate of drug-likeness (QED) is 0.557. The summed E-state index contributed by atoms with van der Waals surface area (Å²) < 4.78 is 0. The number of likely N-dealkylation sites (tertiary alicyclic amines) is 1. The highest BCUT2D eigenvalue weighted by molar-refractivity contribution is 5.80. The lowest BCUT2D eigenvalue weighted by Crippen LogP contribution is -2.42. The molecule has 0 radical (unpaired) electrons. The van der Waals surface area contributed by atoms with Crippen LogP contribution in [-0.4, -0.2) is 48.8 Å². The summed E-state index contributed by atoms with van der Waals surface area (Å²) in [6.45, 7) is 8.78. The number of hydrogen-bond acceptors (Lipinski definition) is 2. The summed E-state index contributed by atoms with van der Waals surface area (Å²) in [5, 5.41) is 12.7. The maximum atomic E-state index is 9.23. The van der Waals surface area contributed by atoms with Crippen molar-refractivity contribution in [1.29, 1.82) is 0 Å². The molecule has 4 heteroatoms. The topological polar surface area (TPSA) is 47.9 Å². The van der Waals surface area contributed by atoms with Gasteiger partial charge in [-0.05, 0) is 50.4 Å². The number of nitrogens with one attached hydrogen (secondary N) is 1. The average molecular weight is 324 g/mol. The lowest BCUT2D eigenvalue weighted by Gasteiger charge is -2.33. The summed E-state index contributed by atoms with van der Waals surface area (Å²) in [6, 6.07) is 0. The van der Waals surface area contributed by atoms with Crippen LogP contribution in [0.15, 0.2) is 4.99 Å². The Morgan fingerprint density at radius 3 is 2.61 bits per heavy atom. The molecule has 0 aromatic heterocycles. The molecule has 0 bridgehead atoms. The first kappa shape index (κ1) is 18.6. The molecule has 0 aromatic carbocycles. The lowest BCUT2D eigenvalue weighted by atomic mass is 9.73. The van der Waals surface area contributed by atoms with Crippen LogP contribution in [0.3, 0.4) is 0 Å². The third kappa shape index (κ3) is 5.37. The SMILES string of the molecule is CCCC(CCO)CN=C(NCC)N1CCC2(CCCCC2)C1. The van der Waals surface area contributed by atoms with E-state index in [0.717, 1.165) is 38.4 Å². The van der Waals surface area contributed by atoms with E-state index in [9.17, 15) is 5.11 Å². The first-order valence-corrected chi connectivity index (χ1v) is 9.87. The predicted octanol–water partition coefficient (Wildman–Crippen LogP) is 3.41. The Bertz CT molecular complexity index is 358. The molecule has 1 atom stereocenters. The van der Waals surface area contributed by atoms with Gasteiger partial charge in [-0.25, -0.2) is 0 Å². The maximum absolute atomic E-state index is 9.23. The fourth-order valence-corrected chi connectivity index (χ4v) is 4.38. The minimum Gasteiger partial charge on any atom is -0.396 e. The van der Waals surface area contributed by atoms with Crippen LogP contribution in [0.1, 0.15) is 71.6 Å². The Kier molecular flexibility index (Phi) is 7.68. The summed E-state index contributed by atoms with van der Waals surface area (Å²) in [7, 11) is 0. The van der Waals surface area contributed by atoms with Crippen LogP contribution in [0.25, 0.3) is 0 Å². The summed E-state index contributed by atoms with van der Waals surface area (Å²) in [5.74, 6) is 1.62. The highest BCUT2D eigenvalue weighted by Crippen LogP contribution is 2.43. The van der Waals surface area contributed by atoms with Crippen molar-refractivity contribution in [3.05, 3.63) is 0 Å². The zero-order chi connectivity index (χ0) is 16.5. The molecule has 0 aromatic rings. The molecule has 1 saturated carbocycles. The summed E-state index contributed by atoms with van der Waals surface area (Å²) in [5.41, 5.74) is 0.572. The zero-order valence-electron chi connectivity index (χ0n) is 15.3. The zero-order valence-corrected chi connectivity index (χ0v) is 15.3. The molecule has 134 valence electrons. The minimum atomic E-state index is 0.281. The molecule has 1 heterocycles. The second kappa shape index (κ2) is 9.51. The molecule has 0 amide bonds. The van der Waals surface area contributed by atoms with Crippen LogP contribution in [0.4, 0.5) is 0 Å². The molecule has 23 heavy (non-hydrogen) atoms. The van der Waals surface area contributed by atoms with Gasteiger partial charge in [-0.2, -0.15) is 0 Å². The molecule has 4 nitrogen and oxygen atoms in total. The van der Waals surface area contributed by atoms with E-state index in [4.69, 9.17) is 4.99 Å². The maximum Gasteiger partial charge on any atom is 0.193 e.